The lowest BCUT2D eigenvalue weighted by Crippen LogP contribution is -2.36. The lowest BCUT2D eigenvalue weighted by molar-refractivity contribution is -0.121. The molecule has 0 atom stereocenters. The zero-order valence-corrected chi connectivity index (χ0v) is 11.4. The zero-order chi connectivity index (χ0) is 13.4. The summed E-state index contributed by atoms with van der Waals surface area (Å²) in [6, 6.07) is 7.72. The van der Waals surface area contributed by atoms with E-state index in [2.05, 4.69) is 5.32 Å². The number of hydrazine groups is 1. The summed E-state index contributed by atoms with van der Waals surface area (Å²) in [5.41, 5.74) is 1.20. The monoisotopic (exact) mass is 269 g/mol. The number of hydrogen-bond acceptors (Lipinski definition) is 3. The molecular formula is C13H20ClN3O. The van der Waals surface area contributed by atoms with Crippen LogP contribution in [-0.4, -0.2) is 31.1 Å². The van der Waals surface area contributed by atoms with E-state index in [-0.39, 0.29) is 5.91 Å². The summed E-state index contributed by atoms with van der Waals surface area (Å²) in [4.78, 5) is 11.5. The van der Waals surface area contributed by atoms with Gasteiger partial charge in [0.2, 0.25) is 5.91 Å². The second-order valence-electron chi connectivity index (χ2n) is 4.31. The van der Waals surface area contributed by atoms with Crippen molar-refractivity contribution in [1.82, 2.24) is 10.3 Å². The molecule has 0 unspecified atom stereocenters. The van der Waals surface area contributed by atoms with Crippen molar-refractivity contribution < 1.29 is 4.79 Å². The fourth-order valence-electron chi connectivity index (χ4n) is 1.56. The molecule has 0 saturated carbocycles. The number of nitrogens with one attached hydrogen (secondary N) is 1. The number of carbonyl (C=O) groups is 1. The van der Waals surface area contributed by atoms with Crippen molar-refractivity contribution in [2.24, 2.45) is 5.84 Å². The first kappa shape index (κ1) is 15.0. The van der Waals surface area contributed by atoms with Gasteiger partial charge in [0, 0.05) is 31.6 Å². The highest BCUT2D eigenvalue weighted by atomic mass is 35.5. The number of halogens is 1. The van der Waals surface area contributed by atoms with Gasteiger partial charge in [-0.3, -0.25) is 10.6 Å². The van der Waals surface area contributed by atoms with E-state index in [1.54, 1.807) is 12.1 Å². The van der Waals surface area contributed by atoms with Gasteiger partial charge in [0.05, 0.1) is 0 Å². The molecule has 0 heterocycles. The van der Waals surface area contributed by atoms with Gasteiger partial charge in [-0.25, -0.2) is 5.01 Å². The number of nitrogens with two attached hydrogens (primary N) is 1. The van der Waals surface area contributed by atoms with Gasteiger partial charge < -0.3 is 5.32 Å². The molecule has 1 aromatic rings. The molecule has 0 aromatic heterocycles. The molecule has 0 bridgehead atoms. The molecule has 0 aliphatic heterocycles. The number of aryl methyl sites for hydroxylation is 1. The SMILES string of the molecule is CN(N)CCNC(=O)CCCc1ccc(Cl)cc1. The normalized spacial score (nSPS) is 10.7. The Hall–Kier alpha value is -1.10. The molecule has 0 aliphatic carbocycles. The van der Waals surface area contributed by atoms with E-state index in [1.807, 2.05) is 24.3 Å². The summed E-state index contributed by atoms with van der Waals surface area (Å²) < 4.78 is 0. The Bertz CT molecular complexity index is 365. The molecule has 18 heavy (non-hydrogen) atoms. The number of likely N-dealkylation sites (N-methyl/N-ethyl adjacent to an activating group) is 1. The average Bonchev–Trinajstić information content (AvgIpc) is 2.31. The molecule has 3 N–H and O–H groups in total. The van der Waals surface area contributed by atoms with Crippen LogP contribution in [0.5, 0.6) is 0 Å². The quantitative estimate of drug-likeness (QED) is 0.584. The summed E-state index contributed by atoms with van der Waals surface area (Å²) in [6.07, 6.45) is 2.27. The number of nitrogens with zero attached hydrogens (tertiary/aromatic N) is 1. The molecule has 4 nitrogen and oxygen atoms in total. The molecular weight excluding hydrogens is 250 g/mol. The van der Waals surface area contributed by atoms with Crippen LogP contribution in [0.1, 0.15) is 18.4 Å². The highest BCUT2D eigenvalue weighted by molar-refractivity contribution is 6.30. The van der Waals surface area contributed by atoms with E-state index in [9.17, 15) is 4.79 Å². The zero-order valence-electron chi connectivity index (χ0n) is 10.7. The Morgan fingerprint density at radius 3 is 2.67 bits per heavy atom. The predicted octanol–water partition coefficient (Wildman–Crippen LogP) is 1.58. The molecule has 0 saturated heterocycles. The van der Waals surface area contributed by atoms with Crippen molar-refractivity contribution in [2.75, 3.05) is 20.1 Å². The van der Waals surface area contributed by atoms with E-state index in [0.29, 0.717) is 19.5 Å². The van der Waals surface area contributed by atoms with Crippen LogP contribution in [0.3, 0.4) is 0 Å². The predicted molar refractivity (Wildman–Crippen MR) is 74.2 cm³/mol. The van der Waals surface area contributed by atoms with E-state index < -0.39 is 0 Å². The van der Waals surface area contributed by atoms with Crippen molar-refractivity contribution >= 4 is 17.5 Å². The van der Waals surface area contributed by atoms with Crippen LogP contribution < -0.4 is 11.2 Å². The Morgan fingerprint density at radius 1 is 1.39 bits per heavy atom. The molecule has 1 aromatic carbocycles. The van der Waals surface area contributed by atoms with Crippen LogP contribution in [0, 0.1) is 0 Å². The summed E-state index contributed by atoms with van der Waals surface area (Å²) in [5.74, 6) is 5.51. The van der Waals surface area contributed by atoms with Gasteiger partial charge >= 0.3 is 0 Å². The lowest BCUT2D eigenvalue weighted by atomic mass is 10.1. The first-order chi connectivity index (χ1) is 8.58. The topological polar surface area (TPSA) is 58.4 Å². The van der Waals surface area contributed by atoms with Gasteiger partial charge in [0.1, 0.15) is 0 Å². The summed E-state index contributed by atoms with van der Waals surface area (Å²) in [7, 11) is 1.77. The van der Waals surface area contributed by atoms with Gasteiger partial charge in [-0.15, -0.1) is 0 Å². The smallest absolute Gasteiger partial charge is 0.220 e. The maximum atomic E-state index is 11.5. The molecule has 1 rings (SSSR count). The van der Waals surface area contributed by atoms with Gasteiger partial charge in [0.25, 0.3) is 0 Å². The van der Waals surface area contributed by atoms with E-state index in [0.717, 1.165) is 17.9 Å². The fraction of sp³-hybridized carbons (Fsp3) is 0.462. The van der Waals surface area contributed by atoms with Crippen LogP contribution in [0.4, 0.5) is 0 Å². The van der Waals surface area contributed by atoms with Crippen LogP contribution in [0.15, 0.2) is 24.3 Å². The van der Waals surface area contributed by atoms with Gasteiger partial charge in [-0.2, -0.15) is 0 Å². The van der Waals surface area contributed by atoms with E-state index >= 15 is 0 Å². The minimum atomic E-state index is 0.0748. The number of carbonyl (C=O) groups excluding carboxylic acids is 1. The Morgan fingerprint density at radius 2 is 2.06 bits per heavy atom. The fourth-order valence-corrected chi connectivity index (χ4v) is 1.69. The van der Waals surface area contributed by atoms with Gasteiger partial charge in [0.15, 0.2) is 0 Å². The average molecular weight is 270 g/mol. The van der Waals surface area contributed by atoms with Crippen molar-refractivity contribution in [3.63, 3.8) is 0 Å². The van der Waals surface area contributed by atoms with Crippen LogP contribution in [-0.2, 0) is 11.2 Å². The van der Waals surface area contributed by atoms with Crippen molar-refractivity contribution in [1.29, 1.82) is 0 Å². The summed E-state index contributed by atoms with van der Waals surface area (Å²) >= 11 is 5.80. The lowest BCUT2D eigenvalue weighted by Gasteiger charge is -2.10. The first-order valence-electron chi connectivity index (χ1n) is 6.05. The third kappa shape index (κ3) is 6.59. The van der Waals surface area contributed by atoms with Crippen molar-refractivity contribution in [3.05, 3.63) is 34.9 Å². The number of hydrogen-bond donors (Lipinski definition) is 2. The van der Waals surface area contributed by atoms with Crippen LogP contribution in [0.25, 0.3) is 0 Å². The highest BCUT2D eigenvalue weighted by Crippen LogP contribution is 2.11. The summed E-state index contributed by atoms with van der Waals surface area (Å²) in [5, 5.41) is 5.12. The third-order valence-corrected chi connectivity index (χ3v) is 2.82. The van der Waals surface area contributed by atoms with Gasteiger partial charge in [-0.1, -0.05) is 23.7 Å². The van der Waals surface area contributed by atoms with Crippen LogP contribution in [0.2, 0.25) is 5.02 Å². The second-order valence-corrected chi connectivity index (χ2v) is 4.75. The minimum Gasteiger partial charge on any atom is -0.355 e. The molecule has 0 fully saturated rings. The maximum Gasteiger partial charge on any atom is 0.220 e. The van der Waals surface area contributed by atoms with Gasteiger partial charge in [-0.05, 0) is 30.5 Å². The van der Waals surface area contributed by atoms with E-state index in [1.165, 1.54) is 5.56 Å². The molecule has 5 heteroatoms. The van der Waals surface area contributed by atoms with Crippen molar-refractivity contribution in [3.8, 4) is 0 Å². The van der Waals surface area contributed by atoms with Crippen LogP contribution >= 0.6 is 11.6 Å². The number of benzene rings is 1. The summed E-state index contributed by atoms with van der Waals surface area (Å²) in [6.45, 7) is 1.25. The standard InChI is InChI=1S/C13H20ClN3O/c1-17(15)10-9-16-13(18)4-2-3-11-5-7-12(14)8-6-11/h5-8H,2-4,9-10,15H2,1H3,(H,16,18). The number of amides is 1. The molecule has 100 valence electrons. The Kier molecular flexibility index (Phi) is 6.72. The van der Waals surface area contributed by atoms with Crippen molar-refractivity contribution in [2.45, 2.75) is 19.3 Å². The first-order valence-corrected chi connectivity index (χ1v) is 6.42. The molecule has 0 radical (unpaired) electrons. The highest BCUT2D eigenvalue weighted by Gasteiger charge is 2.01. The third-order valence-electron chi connectivity index (χ3n) is 2.57. The minimum absolute atomic E-state index is 0.0748. The van der Waals surface area contributed by atoms with E-state index in [4.69, 9.17) is 17.4 Å². The molecule has 1 amide bonds. The Balaban J connectivity index is 2.13. The maximum absolute atomic E-state index is 11.5. The molecule has 0 spiro atoms. The largest absolute Gasteiger partial charge is 0.355 e. The molecule has 0 aliphatic rings. The number of rotatable bonds is 7. The Labute approximate surface area is 113 Å². The second kappa shape index (κ2) is 8.08.